The van der Waals surface area contributed by atoms with E-state index < -0.39 is 10.0 Å². The fraction of sp³-hybridized carbons (Fsp3) is 0.500. The largest absolute Gasteiger partial charge is 0.330 e. The van der Waals surface area contributed by atoms with Gasteiger partial charge in [0.05, 0.1) is 5.02 Å². The van der Waals surface area contributed by atoms with Crippen LogP contribution in [0.1, 0.15) is 19.3 Å². The van der Waals surface area contributed by atoms with E-state index in [0.29, 0.717) is 11.6 Å². The lowest BCUT2D eigenvalue weighted by atomic mass is 10.1. The molecule has 2 rings (SSSR count). The van der Waals surface area contributed by atoms with Crippen LogP contribution in [-0.4, -0.2) is 21.0 Å². The van der Waals surface area contributed by atoms with E-state index in [1.54, 1.807) is 6.07 Å². The Morgan fingerprint density at radius 2 is 2.05 bits per heavy atom. The first kappa shape index (κ1) is 15.1. The topological polar surface area (TPSA) is 72.2 Å². The average molecular weight is 323 g/mol. The Balaban J connectivity index is 2.25. The van der Waals surface area contributed by atoms with Crippen LogP contribution < -0.4 is 10.5 Å². The van der Waals surface area contributed by atoms with Crippen LogP contribution in [0.3, 0.4) is 0 Å². The summed E-state index contributed by atoms with van der Waals surface area (Å²) in [6.45, 7) is 0.483. The van der Waals surface area contributed by atoms with E-state index in [1.807, 2.05) is 0 Å². The van der Waals surface area contributed by atoms with Crippen molar-refractivity contribution in [2.24, 2.45) is 11.7 Å². The molecule has 19 heavy (non-hydrogen) atoms. The third kappa shape index (κ3) is 3.41. The van der Waals surface area contributed by atoms with Gasteiger partial charge >= 0.3 is 0 Å². The van der Waals surface area contributed by atoms with Crippen LogP contribution in [0.5, 0.6) is 0 Å². The SMILES string of the molecule is NCC1CCCC1NS(=O)(=O)c1cc(Cl)ccc1Cl. The highest BCUT2D eigenvalue weighted by atomic mass is 35.5. The molecule has 0 bridgehead atoms. The number of benzene rings is 1. The van der Waals surface area contributed by atoms with Gasteiger partial charge in [0.1, 0.15) is 4.90 Å². The van der Waals surface area contributed by atoms with Gasteiger partial charge in [0.25, 0.3) is 0 Å². The van der Waals surface area contributed by atoms with Crippen molar-refractivity contribution in [3.8, 4) is 0 Å². The third-order valence-electron chi connectivity index (χ3n) is 3.45. The van der Waals surface area contributed by atoms with E-state index in [1.165, 1.54) is 12.1 Å². The fourth-order valence-electron chi connectivity index (χ4n) is 2.42. The molecule has 1 aliphatic carbocycles. The molecule has 1 aliphatic rings. The molecule has 1 saturated carbocycles. The average Bonchev–Trinajstić information content (AvgIpc) is 2.78. The molecule has 3 N–H and O–H groups in total. The summed E-state index contributed by atoms with van der Waals surface area (Å²) < 4.78 is 27.3. The molecular weight excluding hydrogens is 307 g/mol. The molecule has 0 saturated heterocycles. The molecule has 0 heterocycles. The lowest BCUT2D eigenvalue weighted by Crippen LogP contribution is -2.39. The summed E-state index contributed by atoms with van der Waals surface area (Å²) in [6.07, 6.45) is 2.74. The van der Waals surface area contributed by atoms with Gasteiger partial charge in [0, 0.05) is 11.1 Å². The first-order valence-corrected chi connectivity index (χ1v) is 8.35. The molecule has 1 aromatic carbocycles. The molecule has 0 spiro atoms. The van der Waals surface area contributed by atoms with E-state index >= 15 is 0 Å². The van der Waals surface area contributed by atoms with Gasteiger partial charge < -0.3 is 5.73 Å². The zero-order valence-electron chi connectivity index (χ0n) is 10.3. The van der Waals surface area contributed by atoms with Crippen LogP contribution in [0.15, 0.2) is 23.1 Å². The second-order valence-electron chi connectivity index (χ2n) is 4.73. The predicted molar refractivity (Wildman–Crippen MR) is 77.0 cm³/mol. The van der Waals surface area contributed by atoms with E-state index in [-0.39, 0.29) is 21.9 Å². The van der Waals surface area contributed by atoms with Crippen LogP contribution in [0, 0.1) is 5.92 Å². The van der Waals surface area contributed by atoms with Crippen molar-refractivity contribution in [1.82, 2.24) is 4.72 Å². The summed E-state index contributed by atoms with van der Waals surface area (Å²) in [5, 5.41) is 0.505. The molecule has 2 unspecified atom stereocenters. The van der Waals surface area contributed by atoms with Crippen molar-refractivity contribution in [3.63, 3.8) is 0 Å². The number of halogens is 2. The Hall–Kier alpha value is -0.330. The van der Waals surface area contributed by atoms with Gasteiger partial charge in [-0.3, -0.25) is 0 Å². The van der Waals surface area contributed by atoms with Crippen LogP contribution in [0.25, 0.3) is 0 Å². The van der Waals surface area contributed by atoms with Crippen molar-refractivity contribution >= 4 is 33.2 Å². The van der Waals surface area contributed by atoms with Crippen molar-refractivity contribution in [1.29, 1.82) is 0 Å². The monoisotopic (exact) mass is 322 g/mol. The Kier molecular flexibility index (Phi) is 4.74. The summed E-state index contributed by atoms with van der Waals surface area (Å²) in [5.74, 6) is 0.188. The van der Waals surface area contributed by atoms with Gasteiger partial charge in [0.15, 0.2) is 0 Å². The lowest BCUT2D eigenvalue weighted by molar-refractivity contribution is 0.453. The van der Waals surface area contributed by atoms with Gasteiger partial charge in [-0.15, -0.1) is 0 Å². The van der Waals surface area contributed by atoms with E-state index in [0.717, 1.165) is 19.3 Å². The zero-order chi connectivity index (χ0) is 14.0. The number of nitrogens with one attached hydrogen (secondary N) is 1. The minimum absolute atomic E-state index is 0.0179. The summed E-state index contributed by atoms with van der Waals surface area (Å²) in [6, 6.07) is 4.28. The molecule has 0 amide bonds. The molecule has 2 atom stereocenters. The quantitative estimate of drug-likeness (QED) is 0.894. The highest BCUT2D eigenvalue weighted by molar-refractivity contribution is 7.89. The molecule has 4 nitrogen and oxygen atoms in total. The Morgan fingerprint density at radius 1 is 1.32 bits per heavy atom. The van der Waals surface area contributed by atoms with E-state index in [9.17, 15) is 8.42 Å². The maximum atomic E-state index is 12.3. The van der Waals surface area contributed by atoms with E-state index in [4.69, 9.17) is 28.9 Å². The van der Waals surface area contributed by atoms with Gasteiger partial charge in [-0.1, -0.05) is 29.6 Å². The second kappa shape index (κ2) is 5.97. The number of hydrogen-bond acceptors (Lipinski definition) is 3. The molecular formula is C12H16Cl2N2O2S. The molecule has 7 heteroatoms. The number of hydrogen-bond donors (Lipinski definition) is 2. The van der Waals surface area contributed by atoms with Gasteiger partial charge in [-0.25, -0.2) is 13.1 Å². The van der Waals surface area contributed by atoms with Crippen LogP contribution in [-0.2, 0) is 10.0 Å². The second-order valence-corrected chi connectivity index (χ2v) is 7.26. The summed E-state index contributed by atoms with van der Waals surface area (Å²) >= 11 is 11.8. The maximum Gasteiger partial charge on any atom is 0.242 e. The van der Waals surface area contributed by atoms with Crippen LogP contribution in [0.2, 0.25) is 10.0 Å². The third-order valence-corrected chi connectivity index (χ3v) is 5.66. The van der Waals surface area contributed by atoms with Crippen LogP contribution >= 0.6 is 23.2 Å². The number of rotatable bonds is 4. The predicted octanol–water partition coefficient (Wildman–Crippen LogP) is 2.40. The Morgan fingerprint density at radius 3 is 2.74 bits per heavy atom. The normalized spacial score (nSPS) is 23.7. The molecule has 1 aromatic rings. The standard InChI is InChI=1S/C12H16Cl2N2O2S/c13-9-4-5-10(14)12(6-9)19(17,18)16-11-3-1-2-8(11)7-15/h4-6,8,11,16H,1-3,7,15H2. The lowest BCUT2D eigenvalue weighted by Gasteiger charge is -2.19. The Labute approximate surface area is 123 Å². The maximum absolute atomic E-state index is 12.3. The van der Waals surface area contributed by atoms with Crippen LogP contribution in [0.4, 0.5) is 0 Å². The molecule has 0 aromatic heterocycles. The van der Waals surface area contributed by atoms with Crippen molar-refractivity contribution in [2.75, 3.05) is 6.54 Å². The summed E-state index contributed by atoms with van der Waals surface area (Å²) in [5.41, 5.74) is 5.65. The Bertz CT molecular complexity index is 563. The minimum atomic E-state index is -3.66. The summed E-state index contributed by atoms with van der Waals surface area (Å²) in [7, 11) is -3.66. The smallest absolute Gasteiger partial charge is 0.242 e. The first-order valence-electron chi connectivity index (χ1n) is 6.11. The van der Waals surface area contributed by atoms with Gasteiger partial charge in [-0.05, 0) is 43.5 Å². The molecule has 0 radical (unpaired) electrons. The van der Waals surface area contributed by atoms with Crippen molar-refractivity contribution < 1.29 is 8.42 Å². The van der Waals surface area contributed by atoms with Crippen molar-refractivity contribution in [3.05, 3.63) is 28.2 Å². The summed E-state index contributed by atoms with van der Waals surface area (Å²) in [4.78, 5) is 0.0179. The van der Waals surface area contributed by atoms with Gasteiger partial charge in [0.2, 0.25) is 10.0 Å². The fourth-order valence-corrected chi connectivity index (χ4v) is 4.52. The van der Waals surface area contributed by atoms with E-state index in [2.05, 4.69) is 4.72 Å². The molecule has 1 fully saturated rings. The number of sulfonamides is 1. The molecule has 0 aliphatic heterocycles. The molecule has 106 valence electrons. The minimum Gasteiger partial charge on any atom is -0.330 e. The first-order chi connectivity index (χ1) is 8.94. The van der Waals surface area contributed by atoms with Crippen molar-refractivity contribution in [2.45, 2.75) is 30.2 Å². The van der Waals surface area contributed by atoms with Gasteiger partial charge in [-0.2, -0.15) is 0 Å². The highest BCUT2D eigenvalue weighted by Gasteiger charge is 2.31. The zero-order valence-corrected chi connectivity index (χ0v) is 12.6. The highest BCUT2D eigenvalue weighted by Crippen LogP contribution is 2.29. The number of nitrogens with two attached hydrogens (primary N) is 1.